The molecule has 0 fully saturated rings. The minimum absolute atomic E-state index is 0.122. The monoisotopic (exact) mass is 336 g/mol. The Labute approximate surface area is 143 Å². The van der Waals surface area contributed by atoms with Crippen LogP contribution in [-0.2, 0) is 0 Å². The van der Waals surface area contributed by atoms with Gasteiger partial charge in [-0.15, -0.1) is 11.3 Å². The fraction of sp³-hybridized carbons (Fsp3) is 0.158. The molecule has 120 valence electrons. The number of hydrogen-bond acceptors (Lipinski definition) is 4. The van der Waals surface area contributed by atoms with E-state index in [0.29, 0.717) is 5.76 Å². The van der Waals surface area contributed by atoms with Crippen LogP contribution in [0.1, 0.15) is 28.5 Å². The van der Waals surface area contributed by atoms with Gasteiger partial charge in [0.15, 0.2) is 5.76 Å². The molecule has 2 aromatic heterocycles. The van der Waals surface area contributed by atoms with Gasteiger partial charge in [0.1, 0.15) is 10.6 Å². The highest BCUT2D eigenvalue weighted by Crippen LogP contribution is 2.30. The Balaban J connectivity index is 1.63. The normalized spacial score (nSPS) is 12.6. The summed E-state index contributed by atoms with van der Waals surface area (Å²) in [5.41, 5.74) is 1.69. The minimum Gasteiger partial charge on any atom is -0.451 e. The van der Waals surface area contributed by atoms with Crippen molar-refractivity contribution in [1.82, 2.24) is 9.88 Å². The van der Waals surface area contributed by atoms with E-state index in [1.807, 2.05) is 55.5 Å². The zero-order valence-corrected chi connectivity index (χ0v) is 14.2. The predicted octanol–water partition coefficient (Wildman–Crippen LogP) is 4.88. The van der Waals surface area contributed by atoms with Gasteiger partial charge in [0.2, 0.25) is 0 Å². The van der Waals surface area contributed by atoms with Crippen LogP contribution in [0.3, 0.4) is 0 Å². The summed E-state index contributed by atoms with van der Waals surface area (Å²) in [6.07, 6.45) is 0. The number of para-hydroxylation sites is 2. The summed E-state index contributed by atoms with van der Waals surface area (Å²) in [6, 6.07) is 17.3. The Morgan fingerprint density at radius 1 is 1.17 bits per heavy atom. The molecule has 24 heavy (non-hydrogen) atoms. The molecule has 0 spiro atoms. The van der Waals surface area contributed by atoms with E-state index in [9.17, 15) is 4.79 Å². The summed E-state index contributed by atoms with van der Waals surface area (Å²) in [4.78, 5) is 19.1. The Morgan fingerprint density at radius 2 is 1.92 bits per heavy atom. The zero-order chi connectivity index (χ0) is 16.7. The first kappa shape index (κ1) is 14.9. The molecule has 2 heterocycles. The van der Waals surface area contributed by atoms with Crippen molar-refractivity contribution in [3.8, 4) is 0 Å². The number of hydrogen-bond donors (Lipinski definition) is 0. The topological polar surface area (TPSA) is 46.3 Å². The number of carbonyl (C=O) groups is 1. The summed E-state index contributed by atoms with van der Waals surface area (Å²) in [5, 5.41) is 1.85. The molecule has 0 saturated heterocycles. The van der Waals surface area contributed by atoms with E-state index < -0.39 is 0 Å². The van der Waals surface area contributed by atoms with Crippen LogP contribution in [0.5, 0.6) is 0 Å². The molecule has 1 amide bonds. The number of nitrogens with zero attached hydrogens (tertiary/aromatic N) is 2. The molecular formula is C19H16N2O2S. The van der Waals surface area contributed by atoms with Gasteiger partial charge in [0.05, 0.1) is 16.3 Å². The van der Waals surface area contributed by atoms with Gasteiger partial charge in [-0.2, -0.15) is 0 Å². The number of rotatable bonds is 3. The Kier molecular flexibility index (Phi) is 3.58. The van der Waals surface area contributed by atoms with Crippen molar-refractivity contribution in [2.45, 2.75) is 13.0 Å². The van der Waals surface area contributed by atoms with Crippen molar-refractivity contribution in [3.63, 3.8) is 0 Å². The van der Waals surface area contributed by atoms with Crippen molar-refractivity contribution in [3.05, 3.63) is 65.4 Å². The van der Waals surface area contributed by atoms with Crippen LogP contribution in [0.2, 0.25) is 0 Å². The lowest BCUT2D eigenvalue weighted by atomic mass is 10.2. The molecule has 0 aliphatic heterocycles. The number of benzene rings is 2. The summed E-state index contributed by atoms with van der Waals surface area (Å²) in [6.45, 7) is 1.98. The van der Waals surface area contributed by atoms with Crippen molar-refractivity contribution in [1.29, 1.82) is 0 Å². The van der Waals surface area contributed by atoms with E-state index in [1.54, 1.807) is 29.4 Å². The van der Waals surface area contributed by atoms with Crippen LogP contribution in [0, 0.1) is 0 Å². The second kappa shape index (κ2) is 5.76. The van der Waals surface area contributed by atoms with Gasteiger partial charge in [-0.25, -0.2) is 4.98 Å². The molecule has 0 N–H and O–H groups in total. The van der Waals surface area contributed by atoms with E-state index >= 15 is 0 Å². The SMILES string of the molecule is C[C@H](c1nc2ccccc2s1)N(C)C(=O)c1cc2ccccc2o1. The number of thiazole rings is 1. The smallest absolute Gasteiger partial charge is 0.289 e. The molecule has 0 unspecified atom stereocenters. The number of aromatic nitrogens is 1. The lowest BCUT2D eigenvalue weighted by Crippen LogP contribution is -2.29. The largest absolute Gasteiger partial charge is 0.451 e. The minimum atomic E-state index is -0.141. The first-order valence-corrected chi connectivity index (χ1v) is 8.56. The van der Waals surface area contributed by atoms with Gasteiger partial charge in [0, 0.05) is 12.4 Å². The number of fused-ring (bicyclic) bond motifs is 2. The lowest BCUT2D eigenvalue weighted by Gasteiger charge is -2.22. The first-order valence-electron chi connectivity index (χ1n) is 7.74. The Bertz CT molecular complexity index is 968. The predicted molar refractivity (Wildman–Crippen MR) is 96.3 cm³/mol. The molecule has 0 aliphatic carbocycles. The zero-order valence-electron chi connectivity index (χ0n) is 13.4. The fourth-order valence-electron chi connectivity index (χ4n) is 2.67. The molecule has 0 radical (unpaired) electrons. The highest BCUT2D eigenvalue weighted by molar-refractivity contribution is 7.18. The quantitative estimate of drug-likeness (QED) is 0.536. The van der Waals surface area contributed by atoms with Gasteiger partial charge in [-0.1, -0.05) is 30.3 Å². The van der Waals surface area contributed by atoms with Crippen molar-refractivity contribution in [2.75, 3.05) is 7.05 Å². The van der Waals surface area contributed by atoms with Gasteiger partial charge < -0.3 is 9.32 Å². The van der Waals surface area contributed by atoms with Crippen LogP contribution in [0.15, 0.2) is 59.0 Å². The average molecular weight is 336 g/mol. The molecule has 0 bridgehead atoms. The number of carbonyl (C=O) groups excluding carboxylic acids is 1. The molecule has 0 saturated carbocycles. The van der Waals surface area contributed by atoms with E-state index in [2.05, 4.69) is 4.98 Å². The molecular weight excluding hydrogens is 320 g/mol. The summed E-state index contributed by atoms with van der Waals surface area (Å²) < 4.78 is 6.82. The third-order valence-electron chi connectivity index (χ3n) is 4.21. The number of amides is 1. The van der Waals surface area contributed by atoms with Crippen LogP contribution >= 0.6 is 11.3 Å². The summed E-state index contributed by atoms with van der Waals surface area (Å²) in [7, 11) is 1.78. The van der Waals surface area contributed by atoms with E-state index in [0.717, 1.165) is 26.2 Å². The van der Waals surface area contributed by atoms with Crippen LogP contribution in [0.25, 0.3) is 21.2 Å². The Hall–Kier alpha value is -2.66. The van der Waals surface area contributed by atoms with Crippen LogP contribution in [0.4, 0.5) is 0 Å². The standard InChI is InChI=1S/C19H16N2O2S/c1-12(18-20-14-8-4-6-10-17(14)24-18)21(2)19(22)16-11-13-7-3-5-9-15(13)23-16/h3-12H,1-2H3/t12-/m1/s1. The van der Waals surface area contributed by atoms with E-state index in [4.69, 9.17) is 4.42 Å². The highest BCUT2D eigenvalue weighted by Gasteiger charge is 2.24. The second-order valence-corrected chi connectivity index (χ2v) is 6.82. The summed E-state index contributed by atoms with van der Waals surface area (Å²) >= 11 is 1.62. The molecule has 2 aromatic carbocycles. The van der Waals surface area contributed by atoms with E-state index in [1.165, 1.54) is 0 Å². The van der Waals surface area contributed by atoms with Crippen molar-refractivity contribution >= 4 is 38.4 Å². The van der Waals surface area contributed by atoms with Gasteiger partial charge >= 0.3 is 0 Å². The van der Waals surface area contributed by atoms with E-state index in [-0.39, 0.29) is 11.9 Å². The summed E-state index contributed by atoms with van der Waals surface area (Å²) in [5.74, 6) is 0.213. The Morgan fingerprint density at radius 3 is 2.71 bits per heavy atom. The van der Waals surface area contributed by atoms with Gasteiger partial charge in [-0.05, 0) is 31.2 Å². The molecule has 5 heteroatoms. The van der Waals surface area contributed by atoms with Crippen LogP contribution < -0.4 is 0 Å². The lowest BCUT2D eigenvalue weighted by molar-refractivity contribution is 0.0713. The highest BCUT2D eigenvalue weighted by atomic mass is 32.1. The molecule has 4 aromatic rings. The van der Waals surface area contributed by atoms with Gasteiger partial charge in [0.25, 0.3) is 5.91 Å². The van der Waals surface area contributed by atoms with Gasteiger partial charge in [-0.3, -0.25) is 4.79 Å². The van der Waals surface area contributed by atoms with Crippen molar-refractivity contribution < 1.29 is 9.21 Å². The maximum atomic E-state index is 12.8. The maximum absolute atomic E-state index is 12.8. The first-order chi connectivity index (χ1) is 11.6. The molecule has 4 rings (SSSR count). The third-order valence-corrected chi connectivity index (χ3v) is 5.41. The third kappa shape index (κ3) is 2.47. The average Bonchev–Trinajstić information content (AvgIpc) is 3.23. The molecule has 1 atom stereocenters. The molecule has 0 aliphatic rings. The maximum Gasteiger partial charge on any atom is 0.289 e. The van der Waals surface area contributed by atoms with Crippen LogP contribution in [-0.4, -0.2) is 22.8 Å². The van der Waals surface area contributed by atoms with Crippen molar-refractivity contribution in [2.24, 2.45) is 0 Å². The fourth-order valence-corrected chi connectivity index (χ4v) is 3.73. The molecule has 4 nitrogen and oxygen atoms in total. The number of furan rings is 1. The second-order valence-electron chi connectivity index (χ2n) is 5.76.